The van der Waals surface area contributed by atoms with Crippen LogP contribution < -0.4 is 0 Å². The van der Waals surface area contributed by atoms with Crippen molar-refractivity contribution in [1.82, 2.24) is 0 Å². The second-order valence-electron chi connectivity index (χ2n) is 3.63. The third kappa shape index (κ3) is 2.20. The molecule has 0 saturated carbocycles. The molecule has 1 aliphatic heterocycles. The van der Waals surface area contributed by atoms with Crippen LogP contribution in [0.15, 0.2) is 24.5 Å². The van der Waals surface area contributed by atoms with Gasteiger partial charge in [0.1, 0.15) is 0 Å². The van der Waals surface area contributed by atoms with Gasteiger partial charge in [0.15, 0.2) is 5.60 Å². The topological polar surface area (TPSA) is 26.3 Å². The summed E-state index contributed by atoms with van der Waals surface area (Å²) in [5.74, 6) is 0.820. The van der Waals surface area contributed by atoms with E-state index in [1.165, 1.54) is 0 Å². The molecule has 13 heavy (non-hydrogen) atoms. The van der Waals surface area contributed by atoms with Crippen molar-refractivity contribution < 1.29 is 9.53 Å². The zero-order chi connectivity index (χ0) is 9.90. The maximum absolute atomic E-state index is 11.5. The molecule has 0 aliphatic carbocycles. The van der Waals surface area contributed by atoms with E-state index in [0.717, 1.165) is 25.0 Å². The van der Waals surface area contributed by atoms with Gasteiger partial charge in [0.2, 0.25) is 5.78 Å². The van der Waals surface area contributed by atoms with E-state index in [2.05, 4.69) is 6.58 Å². The molecule has 1 rings (SSSR count). The molecule has 0 amide bonds. The van der Waals surface area contributed by atoms with Crippen LogP contribution in [0.5, 0.6) is 0 Å². The molecule has 0 aromatic heterocycles. The lowest BCUT2D eigenvalue weighted by Gasteiger charge is -2.22. The van der Waals surface area contributed by atoms with Gasteiger partial charge >= 0.3 is 0 Å². The normalized spacial score (nSPS) is 26.9. The van der Waals surface area contributed by atoms with E-state index in [1.54, 1.807) is 6.08 Å². The predicted octanol–water partition coefficient (Wildman–Crippen LogP) is 2.60. The van der Waals surface area contributed by atoms with Crippen LogP contribution in [-0.4, -0.2) is 11.4 Å². The van der Waals surface area contributed by atoms with Gasteiger partial charge in [-0.3, -0.25) is 4.79 Å². The molecule has 0 fully saturated rings. The minimum atomic E-state index is -0.604. The Labute approximate surface area is 79.3 Å². The summed E-state index contributed by atoms with van der Waals surface area (Å²) in [7, 11) is 0. The predicted molar refractivity (Wildman–Crippen MR) is 52.3 cm³/mol. The minimum absolute atomic E-state index is 0.0917. The van der Waals surface area contributed by atoms with E-state index >= 15 is 0 Å². The molecule has 0 aromatic rings. The molecule has 1 atom stereocenters. The lowest BCUT2D eigenvalue weighted by atomic mass is 9.95. The molecule has 2 nitrogen and oxygen atoms in total. The first-order valence-corrected chi connectivity index (χ1v) is 4.61. The van der Waals surface area contributed by atoms with Crippen LogP contribution in [0.1, 0.15) is 33.1 Å². The number of allylic oxidation sites excluding steroid dienone is 2. The Balaban J connectivity index is 2.49. The standard InChI is InChI=1S/C11H16O2/c1-4-5-6-7-11(3)10(12)8-9(2)13-11/h4,8H,1,5-7H2,2-3H3. The number of ketones is 1. The molecule has 0 saturated heterocycles. The third-order valence-corrected chi connectivity index (χ3v) is 2.30. The molecule has 1 heterocycles. The highest BCUT2D eigenvalue weighted by Crippen LogP contribution is 2.29. The summed E-state index contributed by atoms with van der Waals surface area (Å²) < 4.78 is 5.48. The number of unbranched alkanes of at least 4 members (excludes halogenated alkanes) is 1. The van der Waals surface area contributed by atoms with Crippen molar-refractivity contribution in [2.45, 2.75) is 38.7 Å². The second kappa shape index (κ2) is 3.77. The minimum Gasteiger partial charge on any atom is -0.484 e. The Morgan fingerprint density at radius 3 is 2.85 bits per heavy atom. The van der Waals surface area contributed by atoms with Gasteiger partial charge in [0, 0.05) is 6.08 Å². The summed E-state index contributed by atoms with van der Waals surface area (Å²) in [4.78, 5) is 11.5. The van der Waals surface area contributed by atoms with Crippen LogP contribution in [0.3, 0.4) is 0 Å². The van der Waals surface area contributed by atoms with E-state index in [1.807, 2.05) is 19.9 Å². The Hall–Kier alpha value is -1.05. The molecule has 0 N–H and O–H groups in total. The lowest BCUT2D eigenvalue weighted by Crippen LogP contribution is -2.32. The summed E-state index contributed by atoms with van der Waals surface area (Å²) in [6.07, 6.45) is 6.10. The maximum Gasteiger partial charge on any atom is 0.202 e. The van der Waals surface area contributed by atoms with Gasteiger partial charge in [-0.2, -0.15) is 0 Å². The average Bonchev–Trinajstić information content (AvgIpc) is 2.27. The van der Waals surface area contributed by atoms with Crippen LogP contribution in [0.25, 0.3) is 0 Å². The van der Waals surface area contributed by atoms with Crippen LogP contribution in [-0.2, 0) is 9.53 Å². The molecular formula is C11H16O2. The Bertz CT molecular complexity index is 253. The van der Waals surface area contributed by atoms with E-state index in [0.29, 0.717) is 0 Å². The smallest absolute Gasteiger partial charge is 0.202 e. The summed E-state index contributed by atoms with van der Waals surface area (Å²) in [5.41, 5.74) is -0.604. The van der Waals surface area contributed by atoms with Gasteiger partial charge in [0.25, 0.3) is 0 Å². The zero-order valence-electron chi connectivity index (χ0n) is 8.30. The SMILES string of the molecule is C=CCCCC1(C)OC(C)=CC1=O. The maximum atomic E-state index is 11.5. The van der Waals surface area contributed by atoms with Crippen LogP contribution in [0.4, 0.5) is 0 Å². The molecule has 0 spiro atoms. The molecule has 0 aromatic carbocycles. The van der Waals surface area contributed by atoms with E-state index in [9.17, 15) is 4.79 Å². The van der Waals surface area contributed by atoms with Gasteiger partial charge in [-0.15, -0.1) is 6.58 Å². The van der Waals surface area contributed by atoms with E-state index < -0.39 is 5.60 Å². The first-order valence-electron chi connectivity index (χ1n) is 4.61. The average molecular weight is 180 g/mol. The molecule has 1 unspecified atom stereocenters. The highest BCUT2D eigenvalue weighted by Gasteiger charge is 2.37. The van der Waals surface area contributed by atoms with Crippen molar-refractivity contribution in [3.05, 3.63) is 24.5 Å². The van der Waals surface area contributed by atoms with E-state index in [4.69, 9.17) is 4.74 Å². The van der Waals surface area contributed by atoms with Crippen molar-refractivity contribution in [2.75, 3.05) is 0 Å². The van der Waals surface area contributed by atoms with Gasteiger partial charge in [0.05, 0.1) is 5.76 Å². The second-order valence-corrected chi connectivity index (χ2v) is 3.63. The number of hydrogen-bond acceptors (Lipinski definition) is 2. The van der Waals surface area contributed by atoms with Gasteiger partial charge in [-0.1, -0.05) is 6.08 Å². The third-order valence-electron chi connectivity index (χ3n) is 2.30. The Morgan fingerprint density at radius 2 is 2.38 bits per heavy atom. The molecule has 72 valence electrons. The molecular weight excluding hydrogens is 164 g/mol. The van der Waals surface area contributed by atoms with E-state index in [-0.39, 0.29) is 5.78 Å². The van der Waals surface area contributed by atoms with Gasteiger partial charge < -0.3 is 4.74 Å². The van der Waals surface area contributed by atoms with Crippen molar-refractivity contribution in [3.63, 3.8) is 0 Å². The first-order chi connectivity index (χ1) is 6.08. The molecule has 0 radical (unpaired) electrons. The number of carbonyl (C=O) groups is 1. The van der Waals surface area contributed by atoms with Crippen molar-refractivity contribution in [1.29, 1.82) is 0 Å². The number of ether oxygens (including phenoxy) is 1. The van der Waals surface area contributed by atoms with Gasteiger partial charge in [-0.05, 0) is 33.1 Å². The van der Waals surface area contributed by atoms with Crippen LogP contribution >= 0.6 is 0 Å². The fraction of sp³-hybridized carbons (Fsp3) is 0.545. The Kier molecular flexibility index (Phi) is 2.91. The van der Waals surface area contributed by atoms with Gasteiger partial charge in [-0.25, -0.2) is 0 Å². The van der Waals surface area contributed by atoms with Crippen molar-refractivity contribution >= 4 is 5.78 Å². The summed E-state index contributed by atoms with van der Waals surface area (Å²) in [6.45, 7) is 7.31. The fourth-order valence-electron chi connectivity index (χ4n) is 1.53. The number of rotatable bonds is 4. The quantitative estimate of drug-likeness (QED) is 0.491. The summed E-state index contributed by atoms with van der Waals surface area (Å²) in [5, 5.41) is 0. The zero-order valence-corrected chi connectivity index (χ0v) is 8.30. The number of hydrogen-bond donors (Lipinski definition) is 0. The molecule has 0 bridgehead atoms. The number of carbonyl (C=O) groups excluding carboxylic acids is 1. The summed E-state index contributed by atoms with van der Waals surface area (Å²) in [6, 6.07) is 0. The summed E-state index contributed by atoms with van der Waals surface area (Å²) >= 11 is 0. The van der Waals surface area contributed by atoms with Crippen molar-refractivity contribution in [3.8, 4) is 0 Å². The molecule has 1 aliphatic rings. The Morgan fingerprint density at radius 1 is 1.69 bits per heavy atom. The van der Waals surface area contributed by atoms with Crippen LogP contribution in [0.2, 0.25) is 0 Å². The fourth-order valence-corrected chi connectivity index (χ4v) is 1.53. The van der Waals surface area contributed by atoms with Crippen molar-refractivity contribution in [2.24, 2.45) is 0 Å². The lowest BCUT2D eigenvalue weighted by molar-refractivity contribution is -0.129. The molecule has 2 heteroatoms. The van der Waals surface area contributed by atoms with Crippen LogP contribution in [0, 0.1) is 0 Å². The highest BCUT2D eigenvalue weighted by atomic mass is 16.5. The first kappa shape index (κ1) is 10.0. The monoisotopic (exact) mass is 180 g/mol. The highest BCUT2D eigenvalue weighted by molar-refractivity contribution is 5.98. The largest absolute Gasteiger partial charge is 0.484 e.